The van der Waals surface area contributed by atoms with Crippen LogP contribution in [0.15, 0.2) is 24.8 Å². The molecule has 0 aliphatic carbocycles. The molecule has 0 saturated carbocycles. The van der Waals surface area contributed by atoms with Crippen LogP contribution in [-0.2, 0) is 19.1 Å². The van der Waals surface area contributed by atoms with Crippen LogP contribution in [0, 0.1) is 0 Å². The van der Waals surface area contributed by atoms with Crippen LogP contribution in [0.4, 0.5) is 0 Å². The van der Waals surface area contributed by atoms with Gasteiger partial charge in [0.2, 0.25) is 0 Å². The number of rotatable bonds is 10. The molecule has 0 aromatic heterocycles. The second kappa shape index (κ2) is 21.3. The van der Waals surface area contributed by atoms with Gasteiger partial charge in [0.15, 0.2) is 0 Å². The largest absolute Gasteiger partial charge is 0.461 e. The van der Waals surface area contributed by atoms with Crippen LogP contribution in [0.25, 0.3) is 0 Å². The molecule has 0 aliphatic rings. The molecule has 24 heavy (non-hydrogen) atoms. The average molecular weight is 349 g/mol. The third-order valence-electron chi connectivity index (χ3n) is 2.55. The summed E-state index contributed by atoms with van der Waals surface area (Å²) in [5.74, 6) is -0.684. The molecule has 0 aromatic carbocycles. The molecule has 0 saturated heterocycles. The van der Waals surface area contributed by atoms with E-state index in [1.165, 1.54) is 0 Å². The first-order valence-corrected chi connectivity index (χ1v) is 8.38. The molecule has 0 radical (unpaired) electrons. The number of esters is 2. The van der Waals surface area contributed by atoms with E-state index in [-0.39, 0.29) is 14.8 Å². The third-order valence-corrected chi connectivity index (χ3v) is 2.55. The van der Waals surface area contributed by atoms with Gasteiger partial charge in [0.05, 0.1) is 0 Å². The summed E-state index contributed by atoms with van der Waals surface area (Å²) < 4.78 is 9.51. The van der Waals surface area contributed by atoms with E-state index in [1.54, 1.807) is 14.0 Å². The molecular formula is C18H40N2O4. The van der Waals surface area contributed by atoms with Crippen molar-refractivity contribution >= 4 is 11.9 Å². The number of hydrogen-bond acceptors (Lipinski definition) is 6. The Morgan fingerprint density at radius 1 is 1.21 bits per heavy atom. The number of likely N-dealkylation sites (N-methyl/N-ethyl adjacent to an activating group) is 1. The fourth-order valence-corrected chi connectivity index (χ4v) is 1.03. The minimum Gasteiger partial charge on any atom is -0.461 e. The van der Waals surface area contributed by atoms with Gasteiger partial charge in [0, 0.05) is 33.6 Å². The van der Waals surface area contributed by atoms with Crippen molar-refractivity contribution in [3.8, 4) is 0 Å². The molecular weight excluding hydrogens is 308 g/mol. The second-order valence-corrected chi connectivity index (χ2v) is 4.65. The van der Waals surface area contributed by atoms with Crippen LogP contribution in [-0.4, -0.2) is 51.3 Å². The molecule has 1 atom stereocenters. The first-order valence-electron chi connectivity index (χ1n) is 8.38. The Morgan fingerprint density at radius 2 is 1.75 bits per heavy atom. The maximum absolute atomic E-state index is 10.9. The van der Waals surface area contributed by atoms with Crippen LogP contribution in [0.2, 0.25) is 0 Å². The highest BCUT2D eigenvalue weighted by atomic mass is 16.5. The SMILES string of the molecule is C=C(C)C(=O)OCCNC(C)CC.C=CC(=O)OCCNC.CC.[HH].[HH]. The zero-order chi connectivity index (χ0) is 19.4. The number of nitrogens with one attached hydrogen (secondary N) is 2. The maximum atomic E-state index is 10.9. The summed E-state index contributed by atoms with van der Waals surface area (Å²) in [5, 5.41) is 6.06. The van der Waals surface area contributed by atoms with Crippen LogP contribution in [0.5, 0.6) is 0 Å². The Morgan fingerprint density at radius 3 is 2.17 bits per heavy atom. The zero-order valence-electron chi connectivity index (χ0n) is 16.2. The fourth-order valence-electron chi connectivity index (χ4n) is 1.03. The van der Waals surface area contributed by atoms with E-state index in [9.17, 15) is 9.59 Å². The van der Waals surface area contributed by atoms with E-state index in [1.807, 2.05) is 13.8 Å². The summed E-state index contributed by atoms with van der Waals surface area (Å²) in [7, 11) is 1.79. The molecule has 146 valence electrons. The first kappa shape index (κ1) is 27.2. The maximum Gasteiger partial charge on any atom is 0.333 e. The van der Waals surface area contributed by atoms with Crippen molar-refractivity contribution in [1.82, 2.24) is 10.6 Å². The highest BCUT2D eigenvalue weighted by Gasteiger charge is 2.02. The van der Waals surface area contributed by atoms with Crippen molar-refractivity contribution in [3.05, 3.63) is 24.8 Å². The topological polar surface area (TPSA) is 76.7 Å². The van der Waals surface area contributed by atoms with Gasteiger partial charge in [-0.15, -0.1) is 0 Å². The van der Waals surface area contributed by atoms with E-state index < -0.39 is 0 Å². The van der Waals surface area contributed by atoms with E-state index in [0.29, 0.717) is 37.9 Å². The molecule has 2 N–H and O–H groups in total. The molecule has 0 aromatic rings. The van der Waals surface area contributed by atoms with Gasteiger partial charge in [-0.1, -0.05) is 33.9 Å². The molecule has 1 unspecified atom stereocenters. The van der Waals surface area contributed by atoms with Crippen molar-refractivity contribution in [3.63, 3.8) is 0 Å². The Kier molecular flexibility index (Phi) is 24.2. The summed E-state index contributed by atoms with van der Waals surface area (Å²) >= 11 is 0. The van der Waals surface area contributed by atoms with Crippen LogP contribution in [0.1, 0.15) is 43.9 Å². The summed E-state index contributed by atoms with van der Waals surface area (Å²) in [5.41, 5.74) is 0.448. The molecule has 6 heteroatoms. The minimum atomic E-state index is -0.370. The van der Waals surface area contributed by atoms with Crippen molar-refractivity contribution in [2.45, 2.75) is 47.1 Å². The minimum absolute atomic E-state index is 0. The van der Waals surface area contributed by atoms with Gasteiger partial charge in [-0.05, 0) is 27.3 Å². The highest BCUT2D eigenvalue weighted by Crippen LogP contribution is 1.91. The first-order chi connectivity index (χ1) is 11.4. The van der Waals surface area contributed by atoms with Gasteiger partial charge in [-0.25, -0.2) is 9.59 Å². The van der Waals surface area contributed by atoms with Crippen molar-refractivity contribution in [2.24, 2.45) is 0 Å². The van der Waals surface area contributed by atoms with Gasteiger partial charge in [0.25, 0.3) is 0 Å². The lowest BCUT2D eigenvalue weighted by Crippen LogP contribution is -2.29. The lowest BCUT2D eigenvalue weighted by molar-refractivity contribution is -0.139. The van der Waals surface area contributed by atoms with Gasteiger partial charge < -0.3 is 20.1 Å². The predicted molar refractivity (Wildman–Crippen MR) is 104 cm³/mol. The van der Waals surface area contributed by atoms with Crippen LogP contribution < -0.4 is 10.6 Å². The van der Waals surface area contributed by atoms with E-state index >= 15 is 0 Å². The Balaban J connectivity index is -0.000000100. The number of carbonyl (C=O) groups excluding carboxylic acids is 2. The standard InChI is InChI=1S/C10H19NO2.C6H11NO2.C2H6.2H2/c1-5-9(4)11-6-7-13-10(12)8(2)3;1-3-6(8)9-5-4-7-2;1-2;;/h9,11H,2,5-7H2,1,3-4H3;3,7H,1,4-5H2,2H3;1-2H3;2*1H. The van der Waals surface area contributed by atoms with Gasteiger partial charge >= 0.3 is 11.9 Å². The molecule has 0 rings (SSSR count). The van der Waals surface area contributed by atoms with Crippen LogP contribution >= 0.6 is 0 Å². The summed E-state index contributed by atoms with van der Waals surface area (Å²) in [4.78, 5) is 21.2. The quantitative estimate of drug-likeness (QED) is 0.359. The number of ether oxygens (including phenoxy) is 2. The zero-order valence-corrected chi connectivity index (χ0v) is 16.2. The van der Waals surface area contributed by atoms with E-state index in [2.05, 4.69) is 42.4 Å². The average Bonchev–Trinajstić information content (AvgIpc) is 2.60. The molecule has 0 amide bonds. The Hall–Kier alpha value is -1.66. The molecule has 0 aliphatic heterocycles. The predicted octanol–water partition coefficient (Wildman–Crippen LogP) is 2.95. The monoisotopic (exact) mass is 348 g/mol. The summed E-state index contributed by atoms with van der Waals surface area (Å²) in [6.07, 6.45) is 2.23. The van der Waals surface area contributed by atoms with Crippen molar-refractivity contribution in [2.75, 3.05) is 33.4 Å². The molecule has 0 fully saturated rings. The van der Waals surface area contributed by atoms with Gasteiger partial charge in [-0.3, -0.25) is 0 Å². The normalized spacial score (nSPS) is 10.1. The van der Waals surface area contributed by atoms with E-state index in [4.69, 9.17) is 4.74 Å². The molecule has 0 heterocycles. The Labute approximate surface area is 150 Å². The summed E-state index contributed by atoms with van der Waals surface area (Å²) in [6.45, 7) is 18.8. The Bertz CT molecular complexity index is 354. The lowest BCUT2D eigenvalue weighted by atomic mass is 10.3. The molecule has 6 nitrogen and oxygen atoms in total. The van der Waals surface area contributed by atoms with Crippen molar-refractivity contribution < 1.29 is 21.9 Å². The highest BCUT2D eigenvalue weighted by molar-refractivity contribution is 5.86. The summed E-state index contributed by atoms with van der Waals surface area (Å²) in [6, 6.07) is 0.475. The van der Waals surface area contributed by atoms with Crippen LogP contribution in [0.3, 0.4) is 0 Å². The van der Waals surface area contributed by atoms with E-state index in [0.717, 1.165) is 12.5 Å². The number of carbonyl (C=O) groups is 2. The second-order valence-electron chi connectivity index (χ2n) is 4.65. The van der Waals surface area contributed by atoms with Crippen molar-refractivity contribution in [1.29, 1.82) is 0 Å². The smallest absolute Gasteiger partial charge is 0.333 e. The fraction of sp³-hybridized carbons (Fsp3) is 0.667. The third kappa shape index (κ3) is 22.6. The molecule has 0 spiro atoms. The van der Waals surface area contributed by atoms with Gasteiger partial charge in [-0.2, -0.15) is 0 Å². The molecule has 0 bridgehead atoms. The number of hydrogen-bond donors (Lipinski definition) is 2. The van der Waals surface area contributed by atoms with Gasteiger partial charge in [0.1, 0.15) is 13.2 Å². The lowest BCUT2D eigenvalue weighted by Gasteiger charge is -2.10.